The lowest BCUT2D eigenvalue weighted by molar-refractivity contribution is 0.471. The summed E-state index contributed by atoms with van der Waals surface area (Å²) >= 11 is 5.77. The van der Waals surface area contributed by atoms with Crippen LogP contribution in [0.2, 0.25) is 5.02 Å². The quantitative estimate of drug-likeness (QED) is 0.660. The van der Waals surface area contributed by atoms with Gasteiger partial charge in [0.25, 0.3) is 0 Å². The zero-order chi connectivity index (χ0) is 13.4. The third-order valence-corrected chi connectivity index (χ3v) is 3.39. The molecular formula is C16H10ClFO. The molecule has 0 spiro atoms. The van der Waals surface area contributed by atoms with Gasteiger partial charge in [-0.1, -0.05) is 48.0 Å². The molecule has 0 aromatic heterocycles. The SMILES string of the molecule is Oc1cc(F)c(Cl)cc1-c1ccc2ccccc2c1. The molecule has 0 aliphatic heterocycles. The molecule has 0 saturated carbocycles. The zero-order valence-electron chi connectivity index (χ0n) is 9.90. The summed E-state index contributed by atoms with van der Waals surface area (Å²) in [5.41, 5.74) is 1.33. The summed E-state index contributed by atoms with van der Waals surface area (Å²) in [5.74, 6) is -0.735. The molecule has 0 radical (unpaired) electrons. The third kappa shape index (κ3) is 2.15. The van der Waals surface area contributed by atoms with E-state index < -0.39 is 5.82 Å². The van der Waals surface area contributed by atoms with E-state index in [-0.39, 0.29) is 10.8 Å². The molecule has 0 atom stereocenters. The fraction of sp³-hybridized carbons (Fsp3) is 0. The Morgan fingerprint density at radius 3 is 2.42 bits per heavy atom. The van der Waals surface area contributed by atoms with Crippen LogP contribution in [0.15, 0.2) is 54.6 Å². The van der Waals surface area contributed by atoms with Crippen molar-refractivity contribution in [2.45, 2.75) is 0 Å². The molecular weight excluding hydrogens is 263 g/mol. The second-order valence-electron chi connectivity index (χ2n) is 4.35. The van der Waals surface area contributed by atoms with Crippen molar-refractivity contribution in [3.8, 4) is 16.9 Å². The second-order valence-corrected chi connectivity index (χ2v) is 4.75. The van der Waals surface area contributed by atoms with Gasteiger partial charge in [0.15, 0.2) is 0 Å². The van der Waals surface area contributed by atoms with Gasteiger partial charge in [0.1, 0.15) is 11.6 Å². The highest BCUT2D eigenvalue weighted by atomic mass is 35.5. The van der Waals surface area contributed by atoms with Gasteiger partial charge in [0.2, 0.25) is 0 Å². The van der Waals surface area contributed by atoms with E-state index in [0.717, 1.165) is 22.4 Å². The van der Waals surface area contributed by atoms with Crippen molar-refractivity contribution < 1.29 is 9.50 Å². The van der Waals surface area contributed by atoms with E-state index in [1.54, 1.807) is 0 Å². The largest absolute Gasteiger partial charge is 0.507 e. The number of hydrogen-bond acceptors (Lipinski definition) is 1. The zero-order valence-corrected chi connectivity index (χ0v) is 10.7. The van der Waals surface area contributed by atoms with Crippen LogP contribution < -0.4 is 0 Å². The summed E-state index contributed by atoms with van der Waals surface area (Å²) in [6, 6.07) is 16.2. The minimum Gasteiger partial charge on any atom is -0.507 e. The number of rotatable bonds is 1. The number of hydrogen-bond donors (Lipinski definition) is 1. The number of fused-ring (bicyclic) bond motifs is 1. The summed E-state index contributed by atoms with van der Waals surface area (Å²) in [6.07, 6.45) is 0. The molecule has 0 aliphatic carbocycles. The van der Waals surface area contributed by atoms with Crippen LogP contribution in [0.4, 0.5) is 4.39 Å². The fourth-order valence-corrected chi connectivity index (χ4v) is 2.29. The summed E-state index contributed by atoms with van der Waals surface area (Å²) in [6.45, 7) is 0. The molecule has 19 heavy (non-hydrogen) atoms. The van der Waals surface area contributed by atoms with E-state index in [4.69, 9.17) is 11.6 Å². The maximum atomic E-state index is 13.2. The highest BCUT2D eigenvalue weighted by Crippen LogP contribution is 2.34. The van der Waals surface area contributed by atoms with Crippen molar-refractivity contribution >= 4 is 22.4 Å². The van der Waals surface area contributed by atoms with Gasteiger partial charge in [-0.15, -0.1) is 0 Å². The Morgan fingerprint density at radius 1 is 0.895 bits per heavy atom. The number of phenols is 1. The van der Waals surface area contributed by atoms with Crippen LogP contribution in [0.1, 0.15) is 0 Å². The normalized spacial score (nSPS) is 10.8. The van der Waals surface area contributed by atoms with Gasteiger partial charge >= 0.3 is 0 Å². The number of phenolic OH excluding ortho intramolecular Hbond substituents is 1. The number of aromatic hydroxyl groups is 1. The molecule has 94 valence electrons. The molecule has 1 N–H and O–H groups in total. The van der Waals surface area contributed by atoms with Crippen molar-refractivity contribution in [1.82, 2.24) is 0 Å². The molecule has 0 aliphatic rings. The molecule has 0 bridgehead atoms. The first-order valence-corrected chi connectivity index (χ1v) is 6.20. The Hall–Kier alpha value is -2.06. The van der Waals surface area contributed by atoms with E-state index in [1.807, 2.05) is 42.5 Å². The Labute approximate surface area is 114 Å². The summed E-state index contributed by atoms with van der Waals surface area (Å²) in [5, 5.41) is 12.0. The third-order valence-electron chi connectivity index (χ3n) is 3.10. The molecule has 3 aromatic rings. The summed E-state index contributed by atoms with van der Waals surface area (Å²) < 4.78 is 13.2. The van der Waals surface area contributed by atoms with Crippen LogP contribution in [-0.4, -0.2) is 5.11 Å². The van der Waals surface area contributed by atoms with E-state index >= 15 is 0 Å². The van der Waals surface area contributed by atoms with Crippen molar-refractivity contribution in [2.24, 2.45) is 0 Å². The van der Waals surface area contributed by atoms with Crippen LogP contribution in [0.5, 0.6) is 5.75 Å². The highest BCUT2D eigenvalue weighted by molar-refractivity contribution is 6.31. The van der Waals surface area contributed by atoms with Gasteiger partial charge in [0, 0.05) is 11.6 Å². The van der Waals surface area contributed by atoms with Crippen molar-refractivity contribution in [1.29, 1.82) is 0 Å². The van der Waals surface area contributed by atoms with Gasteiger partial charge in [-0.05, 0) is 28.5 Å². The van der Waals surface area contributed by atoms with Gasteiger partial charge in [-0.2, -0.15) is 0 Å². The Kier molecular flexibility index (Phi) is 2.88. The summed E-state index contributed by atoms with van der Waals surface area (Å²) in [7, 11) is 0. The standard InChI is InChI=1S/C16H10ClFO/c17-14-8-13(16(19)9-15(14)18)12-6-5-10-3-1-2-4-11(10)7-12/h1-9,19H. The predicted molar refractivity (Wildman–Crippen MR) is 76.0 cm³/mol. The Morgan fingerprint density at radius 2 is 1.63 bits per heavy atom. The lowest BCUT2D eigenvalue weighted by Crippen LogP contribution is -1.84. The van der Waals surface area contributed by atoms with Crippen molar-refractivity contribution in [2.75, 3.05) is 0 Å². The van der Waals surface area contributed by atoms with Crippen LogP contribution in [0.3, 0.4) is 0 Å². The van der Waals surface area contributed by atoms with E-state index in [0.29, 0.717) is 5.56 Å². The average Bonchev–Trinajstić information content (AvgIpc) is 2.42. The summed E-state index contributed by atoms with van der Waals surface area (Å²) in [4.78, 5) is 0. The lowest BCUT2D eigenvalue weighted by Gasteiger charge is -2.07. The fourth-order valence-electron chi connectivity index (χ4n) is 2.12. The Bertz CT molecular complexity index is 768. The molecule has 0 fully saturated rings. The minimum atomic E-state index is -0.622. The molecule has 0 unspecified atom stereocenters. The van der Waals surface area contributed by atoms with Crippen LogP contribution in [-0.2, 0) is 0 Å². The molecule has 1 nitrogen and oxygen atoms in total. The predicted octanol–water partition coefficient (Wildman–Crippen LogP) is 5.00. The first-order valence-electron chi connectivity index (χ1n) is 5.82. The maximum absolute atomic E-state index is 13.2. The van der Waals surface area contributed by atoms with Gasteiger partial charge in [-0.25, -0.2) is 4.39 Å². The topological polar surface area (TPSA) is 20.2 Å². The lowest BCUT2D eigenvalue weighted by atomic mass is 10.0. The molecule has 0 heterocycles. The molecule has 3 aromatic carbocycles. The molecule has 3 heteroatoms. The van der Waals surface area contributed by atoms with Crippen LogP contribution in [0.25, 0.3) is 21.9 Å². The smallest absolute Gasteiger partial charge is 0.145 e. The highest BCUT2D eigenvalue weighted by Gasteiger charge is 2.10. The average molecular weight is 273 g/mol. The van der Waals surface area contributed by atoms with E-state index in [1.165, 1.54) is 6.07 Å². The van der Waals surface area contributed by atoms with Crippen LogP contribution in [0, 0.1) is 5.82 Å². The number of benzene rings is 3. The van der Waals surface area contributed by atoms with Crippen molar-refractivity contribution in [3.05, 3.63) is 65.4 Å². The Balaban J connectivity index is 2.21. The van der Waals surface area contributed by atoms with E-state index in [2.05, 4.69) is 0 Å². The molecule has 0 saturated heterocycles. The monoisotopic (exact) mass is 272 g/mol. The van der Waals surface area contributed by atoms with Gasteiger partial charge < -0.3 is 5.11 Å². The number of halogens is 2. The first-order chi connectivity index (χ1) is 9.15. The van der Waals surface area contributed by atoms with Crippen molar-refractivity contribution in [3.63, 3.8) is 0 Å². The maximum Gasteiger partial charge on any atom is 0.145 e. The molecule has 0 amide bonds. The first kappa shape index (κ1) is 12.0. The van der Waals surface area contributed by atoms with Crippen LogP contribution >= 0.6 is 11.6 Å². The van der Waals surface area contributed by atoms with Gasteiger partial charge in [0.05, 0.1) is 5.02 Å². The van der Waals surface area contributed by atoms with Gasteiger partial charge in [-0.3, -0.25) is 0 Å². The van der Waals surface area contributed by atoms with E-state index in [9.17, 15) is 9.50 Å². The molecule has 3 rings (SSSR count). The minimum absolute atomic E-state index is 0.000888. The second kappa shape index (κ2) is 4.56.